The van der Waals surface area contributed by atoms with E-state index in [1.54, 1.807) is 19.1 Å². The molecule has 1 unspecified atom stereocenters. The van der Waals surface area contributed by atoms with E-state index >= 15 is 0 Å². The second-order valence-electron chi connectivity index (χ2n) is 3.64. The van der Waals surface area contributed by atoms with Crippen molar-refractivity contribution in [1.82, 2.24) is 4.37 Å². The Morgan fingerprint density at radius 3 is 3.06 bits per heavy atom. The summed E-state index contributed by atoms with van der Waals surface area (Å²) in [5.41, 5.74) is 1.39. The largest absolute Gasteiger partial charge is 0.464 e. The molecule has 90 valence electrons. The zero-order valence-corrected chi connectivity index (χ0v) is 10.5. The van der Waals surface area contributed by atoms with Crippen LogP contribution in [-0.2, 0) is 9.53 Å². The van der Waals surface area contributed by atoms with Gasteiger partial charge in [0.15, 0.2) is 6.10 Å². The number of benzene rings is 1. The van der Waals surface area contributed by atoms with Crippen molar-refractivity contribution in [3.8, 4) is 0 Å². The van der Waals surface area contributed by atoms with Gasteiger partial charge in [-0.3, -0.25) is 0 Å². The van der Waals surface area contributed by atoms with E-state index in [-0.39, 0.29) is 6.61 Å². The molecule has 5 heteroatoms. The third-order valence-corrected chi connectivity index (χ3v) is 3.41. The zero-order valence-electron chi connectivity index (χ0n) is 9.64. The molecular formula is C12H13NO3S. The Hall–Kier alpha value is -1.46. The van der Waals surface area contributed by atoms with Crippen LogP contribution in [0.25, 0.3) is 10.1 Å². The van der Waals surface area contributed by atoms with Crippen molar-refractivity contribution in [2.75, 3.05) is 6.61 Å². The summed E-state index contributed by atoms with van der Waals surface area (Å²) in [5, 5.41) is 10.8. The van der Waals surface area contributed by atoms with Crippen molar-refractivity contribution in [2.45, 2.75) is 20.0 Å². The first-order valence-electron chi connectivity index (χ1n) is 5.34. The first-order chi connectivity index (χ1) is 8.15. The Morgan fingerprint density at radius 1 is 1.59 bits per heavy atom. The molecule has 0 aliphatic heterocycles. The first kappa shape index (κ1) is 12.0. The summed E-state index contributed by atoms with van der Waals surface area (Å²) in [4.78, 5) is 11.5. The molecule has 0 aliphatic rings. The van der Waals surface area contributed by atoms with Crippen LogP contribution >= 0.6 is 11.5 Å². The van der Waals surface area contributed by atoms with Gasteiger partial charge in [-0.1, -0.05) is 12.1 Å². The fraction of sp³-hybridized carbons (Fsp3) is 0.333. The number of fused-ring (bicyclic) bond motifs is 1. The third kappa shape index (κ3) is 2.16. The second-order valence-corrected chi connectivity index (χ2v) is 4.45. The van der Waals surface area contributed by atoms with Crippen LogP contribution in [0, 0.1) is 6.92 Å². The maximum absolute atomic E-state index is 11.5. The van der Waals surface area contributed by atoms with Crippen molar-refractivity contribution in [2.24, 2.45) is 0 Å². The van der Waals surface area contributed by atoms with Crippen molar-refractivity contribution in [3.05, 3.63) is 29.5 Å². The molecule has 1 aromatic carbocycles. The quantitative estimate of drug-likeness (QED) is 0.850. The van der Waals surface area contributed by atoms with Gasteiger partial charge in [-0.15, -0.1) is 0 Å². The number of aryl methyl sites for hydroxylation is 1. The highest BCUT2D eigenvalue weighted by Crippen LogP contribution is 2.30. The average Bonchev–Trinajstić information content (AvgIpc) is 2.71. The number of ether oxygens (including phenoxy) is 1. The van der Waals surface area contributed by atoms with Gasteiger partial charge in [-0.25, -0.2) is 4.79 Å². The molecule has 0 bridgehead atoms. The minimum atomic E-state index is -1.24. The molecule has 2 aromatic rings. The molecule has 1 aromatic heterocycles. The molecule has 1 heterocycles. The maximum atomic E-state index is 11.5. The molecule has 17 heavy (non-hydrogen) atoms. The number of carbonyl (C=O) groups is 1. The topological polar surface area (TPSA) is 59.4 Å². The molecule has 4 nitrogen and oxygen atoms in total. The van der Waals surface area contributed by atoms with E-state index in [0.717, 1.165) is 15.8 Å². The lowest BCUT2D eigenvalue weighted by Crippen LogP contribution is -2.15. The van der Waals surface area contributed by atoms with Crippen LogP contribution in [0.2, 0.25) is 0 Å². The Bertz CT molecular complexity index is 550. The van der Waals surface area contributed by atoms with Crippen LogP contribution in [0.4, 0.5) is 0 Å². The number of hydrogen-bond donors (Lipinski definition) is 1. The lowest BCUT2D eigenvalue weighted by molar-refractivity contribution is -0.153. The number of hydrogen-bond acceptors (Lipinski definition) is 5. The van der Waals surface area contributed by atoms with Gasteiger partial charge in [-0.05, 0) is 31.4 Å². The zero-order chi connectivity index (χ0) is 12.4. The van der Waals surface area contributed by atoms with E-state index in [0.29, 0.717) is 5.56 Å². The highest BCUT2D eigenvalue weighted by atomic mass is 32.1. The normalized spacial score (nSPS) is 12.6. The van der Waals surface area contributed by atoms with Gasteiger partial charge in [0.1, 0.15) is 0 Å². The molecule has 2 rings (SSSR count). The highest BCUT2D eigenvalue weighted by Gasteiger charge is 2.22. The van der Waals surface area contributed by atoms with Crippen LogP contribution in [-0.4, -0.2) is 22.1 Å². The van der Waals surface area contributed by atoms with Gasteiger partial charge in [0.25, 0.3) is 0 Å². The summed E-state index contributed by atoms with van der Waals surface area (Å²) in [5.74, 6) is -0.620. The van der Waals surface area contributed by atoms with Crippen LogP contribution < -0.4 is 0 Å². The molecule has 0 amide bonds. The molecule has 0 saturated heterocycles. The Labute approximate surface area is 103 Å². The summed E-state index contributed by atoms with van der Waals surface area (Å²) in [7, 11) is 0. The van der Waals surface area contributed by atoms with Gasteiger partial charge in [0.2, 0.25) is 0 Å². The lowest BCUT2D eigenvalue weighted by Gasteiger charge is -2.11. The van der Waals surface area contributed by atoms with E-state index in [2.05, 4.69) is 4.37 Å². The summed E-state index contributed by atoms with van der Waals surface area (Å²) in [6.45, 7) is 3.83. The predicted molar refractivity (Wildman–Crippen MR) is 65.9 cm³/mol. The van der Waals surface area contributed by atoms with E-state index in [4.69, 9.17) is 4.74 Å². The summed E-state index contributed by atoms with van der Waals surface area (Å²) < 4.78 is 10.0. The minimum absolute atomic E-state index is 0.257. The second kappa shape index (κ2) is 4.81. The van der Waals surface area contributed by atoms with E-state index in [1.165, 1.54) is 11.5 Å². The van der Waals surface area contributed by atoms with Gasteiger partial charge < -0.3 is 9.84 Å². The number of aromatic nitrogens is 1. The summed E-state index contributed by atoms with van der Waals surface area (Å²) in [6.07, 6.45) is -1.24. The number of aliphatic hydroxyl groups is 1. The van der Waals surface area contributed by atoms with Gasteiger partial charge in [0.05, 0.1) is 17.0 Å². The van der Waals surface area contributed by atoms with Crippen LogP contribution in [0.5, 0.6) is 0 Å². The fourth-order valence-corrected chi connectivity index (χ4v) is 2.57. The predicted octanol–water partition coefficient (Wildman–Crippen LogP) is 2.20. The smallest absolute Gasteiger partial charge is 0.339 e. The number of carbonyl (C=O) groups excluding carboxylic acids is 1. The molecule has 1 N–H and O–H groups in total. The molecule has 0 fully saturated rings. The Kier molecular flexibility index (Phi) is 3.40. The summed E-state index contributed by atoms with van der Waals surface area (Å²) >= 11 is 1.36. The SMILES string of the molecule is CCOC(=O)C(O)c1cccc2snc(C)c12. The fourth-order valence-electron chi connectivity index (χ4n) is 1.75. The van der Waals surface area contributed by atoms with E-state index < -0.39 is 12.1 Å². The van der Waals surface area contributed by atoms with Gasteiger partial charge >= 0.3 is 5.97 Å². The molecule has 1 atom stereocenters. The van der Waals surface area contributed by atoms with Gasteiger partial charge in [0, 0.05) is 10.9 Å². The monoisotopic (exact) mass is 251 g/mol. The van der Waals surface area contributed by atoms with Crippen molar-refractivity contribution in [3.63, 3.8) is 0 Å². The van der Waals surface area contributed by atoms with Gasteiger partial charge in [-0.2, -0.15) is 4.37 Å². The number of rotatable bonds is 3. The lowest BCUT2D eigenvalue weighted by atomic mass is 10.0. The Morgan fingerprint density at radius 2 is 2.35 bits per heavy atom. The molecule has 0 radical (unpaired) electrons. The number of esters is 1. The van der Waals surface area contributed by atoms with Crippen molar-refractivity contribution in [1.29, 1.82) is 0 Å². The minimum Gasteiger partial charge on any atom is -0.464 e. The van der Waals surface area contributed by atoms with Crippen molar-refractivity contribution >= 4 is 27.6 Å². The maximum Gasteiger partial charge on any atom is 0.339 e. The molecular weight excluding hydrogens is 238 g/mol. The van der Waals surface area contributed by atoms with Crippen molar-refractivity contribution < 1.29 is 14.6 Å². The average molecular weight is 251 g/mol. The first-order valence-corrected chi connectivity index (χ1v) is 6.12. The van der Waals surface area contributed by atoms with E-state index in [1.807, 2.05) is 13.0 Å². The van der Waals surface area contributed by atoms with E-state index in [9.17, 15) is 9.90 Å². The number of aliphatic hydroxyl groups excluding tert-OH is 1. The summed E-state index contributed by atoms with van der Waals surface area (Å²) in [6, 6.07) is 5.45. The Balaban J connectivity index is 2.47. The molecule has 0 spiro atoms. The third-order valence-electron chi connectivity index (χ3n) is 2.51. The van der Waals surface area contributed by atoms with Crippen LogP contribution in [0.1, 0.15) is 24.3 Å². The number of nitrogens with zero attached hydrogens (tertiary/aromatic N) is 1. The van der Waals surface area contributed by atoms with Crippen LogP contribution in [0.15, 0.2) is 18.2 Å². The highest BCUT2D eigenvalue weighted by molar-refractivity contribution is 7.13. The standard InChI is InChI=1S/C12H13NO3S/c1-3-16-12(15)11(14)8-5-4-6-9-10(8)7(2)13-17-9/h4-6,11,14H,3H2,1-2H3. The van der Waals surface area contributed by atoms with Crippen LogP contribution in [0.3, 0.4) is 0 Å². The molecule has 0 aliphatic carbocycles. The molecule has 0 saturated carbocycles.